The van der Waals surface area contributed by atoms with Crippen LogP contribution in [0.5, 0.6) is 0 Å². The Bertz CT molecular complexity index is 376. The van der Waals surface area contributed by atoms with E-state index in [0.717, 1.165) is 48.0 Å². The topological polar surface area (TPSA) is 58.3 Å². The summed E-state index contributed by atoms with van der Waals surface area (Å²) in [6, 6.07) is 6.51. The van der Waals surface area contributed by atoms with Gasteiger partial charge in [-0.05, 0) is 43.4 Å². The predicted octanol–water partition coefficient (Wildman–Crippen LogP) is 2.42. The number of aliphatic hydroxyl groups excluding tert-OH is 1. The maximum Gasteiger partial charge on any atom is 0.0541 e. The Morgan fingerprint density at radius 2 is 2.00 bits per heavy atom. The van der Waals surface area contributed by atoms with Crippen molar-refractivity contribution in [2.75, 3.05) is 5.73 Å². The van der Waals surface area contributed by atoms with Crippen molar-refractivity contribution in [2.45, 2.75) is 44.4 Å². The molecule has 94 valence electrons. The van der Waals surface area contributed by atoms with E-state index in [1.165, 1.54) is 0 Å². The van der Waals surface area contributed by atoms with Crippen molar-refractivity contribution in [2.24, 2.45) is 0 Å². The van der Waals surface area contributed by atoms with Crippen molar-refractivity contribution in [3.05, 3.63) is 28.2 Å². The van der Waals surface area contributed by atoms with Crippen LogP contribution in [-0.4, -0.2) is 17.3 Å². The molecule has 17 heavy (non-hydrogen) atoms. The molecule has 3 nitrogen and oxygen atoms in total. The summed E-state index contributed by atoms with van der Waals surface area (Å²) in [4.78, 5) is 0. The molecule has 0 bridgehead atoms. The summed E-state index contributed by atoms with van der Waals surface area (Å²) in [5.41, 5.74) is 7.91. The van der Waals surface area contributed by atoms with Crippen LogP contribution in [0.15, 0.2) is 22.7 Å². The number of hydrogen-bond donors (Lipinski definition) is 3. The molecule has 0 heterocycles. The van der Waals surface area contributed by atoms with E-state index in [-0.39, 0.29) is 6.10 Å². The minimum atomic E-state index is -0.0919. The van der Waals surface area contributed by atoms with Gasteiger partial charge in [0.25, 0.3) is 0 Å². The summed E-state index contributed by atoms with van der Waals surface area (Å²) in [6.45, 7) is 0.805. The van der Waals surface area contributed by atoms with Crippen molar-refractivity contribution >= 4 is 21.6 Å². The molecule has 4 N–H and O–H groups in total. The van der Waals surface area contributed by atoms with Crippen LogP contribution in [0.1, 0.15) is 31.2 Å². The van der Waals surface area contributed by atoms with Crippen molar-refractivity contribution in [3.8, 4) is 0 Å². The van der Waals surface area contributed by atoms with E-state index >= 15 is 0 Å². The molecule has 1 aliphatic carbocycles. The van der Waals surface area contributed by atoms with Gasteiger partial charge >= 0.3 is 0 Å². The smallest absolute Gasteiger partial charge is 0.0541 e. The van der Waals surface area contributed by atoms with Crippen LogP contribution >= 0.6 is 15.9 Å². The molecule has 1 aromatic carbocycles. The van der Waals surface area contributed by atoms with E-state index in [9.17, 15) is 5.11 Å². The highest BCUT2D eigenvalue weighted by Gasteiger charge is 2.18. The van der Waals surface area contributed by atoms with Gasteiger partial charge in [0.2, 0.25) is 0 Å². The maximum absolute atomic E-state index is 9.43. The second-order valence-electron chi connectivity index (χ2n) is 4.73. The Labute approximate surface area is 111 Å². The zero-order chi connectivity index (χ0) is 12.3. The monoisotopic (exact) mass is 298 g/mol. The second-order valence-corrected chi connectivity index (χ2v) is 5.65. The number of nitrogens with two attached hydrogens (primary N) is 1. The minimum absolute atomic E-state index is 0.0919. The third-order valence-electron chi connectivity index (χ3n) is 3.39. The van der Waals surface area contributed by atoms with Crippen LogP contribution in [0.4, 0.5) is 5.69 Å². The zero-order valence-electron chi connectivity index (χ0n) is 9.82. The Hall–Kier alpha value is -0.580. The molecule has 0 spiro atoms. The molecule has 0 aromatic heterocycles. The lowest BCUT2D eigenvalue weighted by molar-refractivity contribution is 0.116. The highest BCUT2D eigenvalue weighted by atomic mass is 79.9. The average Bonchev–Trinajstić information content (AvgIpc) is 2.30. The molecule has 0 unspecified atom stereocenters. The van der Waals surface area contributed by atoms with E-state index < -0.39 is 0 Å². The number of anilines is 1. The Kier molecular flexibility index (Phi) is 4.42. The number of nitrogen functional groups attached to an aromatic ring is 1. The van der Waals surface area contributed by atoms with E-state index in [1.54, 1.807) is 0 Å². The van der Waals surface area contributed by atoms with E-state index in [1.807, 2.05) is 18.2 Å². The SMILES string of the molecule is Nc1cc(Br)ccc1CNC1CCC(O)CC1. The van der Waals surface area contributed by atoms with Gasteiger partial charge in [0, 0.05) is 22.7 Å². The normalized spacial score (nSPS) is 24.8. The first-order valence-corrected chi connectivity index (χ1v) is 6.90. The summed E-state index contributed by atoms with van der Waals surface area (Å²) in [6.07, 6.45) is 3.83. The number of rotatable bonds is 3. The van der Waals surface area contributed by atoms with Crippen LogP contribution < -0.4 is 11.1 Å². The van der Waals surface area contributed by atoms with Gasteiger partial charge < -0.3 is 16.2 Å². The summed E-state index contributed by atoms with van der Waals surface area (Å²) in [5, 5.41) is 12.9. The van der Waals surface area contributed by atoms with Gasteiger partial charge in [0.1, 0.15) is 0 Å². The molecule has 1 saturated carbocycles. The zero-order valence-corrected chi connectivity index (χ0v) is 11.4. The molecular formula is C13H19BrN2O. The first-order chi connectivity index (χ1) is 8.15. The fourth-order valence-corrected chi connectivity index (χ4v) is 2.64. The fourth-order valence-electron chi connectivity index (χ4n) is 2.26. The second kappa shape index (κ2) is 5.85. The summed E-state index contributed by atoms with van der Waals surface area (Å²) in [7, 11) is 0. The third-order valence-corrected chi connectivity index (χ3v) is 3.88. The number of benzene rings is 1. The van der Waals surface area contributed by atoms with Crippen molar-refractivity contribution in [1.82, 2.24) is 5.32 Å². The molecule has 0 aliphatic heterocycles. The Balaban J connectivity index is 1.85. The molecule has 0 saturated heterocycles. The van der Waals surface area contributed by atoms with Crippen LogP contribution in [0.25, 0.3) is 0 Å². The van der Waals surface area contributed by atoms with Crippen LogP contribution in [0, 0.1) is 0 Å². The van der Waals surface area contributed by atoms with Gasteiger partial charge in [0.15, 0.2) is 0 Å². The van der Waals surface area contributed by atoms with Gasteiger partial charge in [-0.2, -0.15) is 0 Å². The number of aliphatic hydroxyl groups is 1. The average molecular weight is 299 g/mol. The molecule has 0 atom stereocenters. The highest BCUT2D eigenvalue weighted by molar-refractivity contribution is 9.10. The molecule has 1 aliphatic rings. The van der Waals surface area contributed by atoms with Gasteiger partial charge in [-0.25, -0.2) is 0 Å². The molecule has 1 fully saturated rings. The van der Waals surface area contributed by atoms with Gasteiger partial charge in [-0.15, -0.1) is 0 Å². The molecule has 2 rings (SSSR count). The van der Waals surface area contributed by atoms with E-state index in [2.05, 4.69) is 21.2 Å². The Morgan fingerprint density at radius 1 is 1.29 bits per heavy atom. The van der Waals surface area contributed by atoms with Crippen molar-refractivity contribution in [1.29, 1.82) is 0 Å². The summed E-state index contributed by atoms with van der Waals surface area (Å²) < 4.78 is 1.01. The fraction of sp³-hybridized carbons (Fsp3) is 0.538. The quantitative estimate of drug-likeness (QED) is 0.751. The van der Waals surface area contributed by atoms with E-state index in [4.69, 9.17) is 5.73 Å². The van der Waals surface area contributed by atoms with Gasteiger partial charge in [0.05, 0.1) is 6.10 Å². The van der Waals surface area contributed by atoms with Gasteiger partial charge in [-0.1, -0.05) is 22.0 Å². The van der Waals surface area contributed by atoms with Crippen LogP contribution in [0.2, 0.25) is 0 Å². The lowest BCUT2D eigenvalue weighted by atomic mass is 9.93. The van der Waals surface area contributed by atoms with E-state index in [0.29, 0.717) is 6.04 Å². The first kappa shape index (κ1) is 12.9. The van der Waals surface area contributed by atoms with Crippen molar-refractivity contribution < 1.29 is 5.11 Å². The minimum Gasteiger partial charge on any atom is -0.398 e. The molecule has 4 heteroatoms. The Morgan fingerprint density at radius 3 is 2.65 bits per heavy atom. The molecule has 0 amide bonds. The molecule has 1 aromatic rings. The number of hydrogen-bond acceptors (Lipinski definition) is 3. The number of nitrogens with one attached hydrogen (secondary N) is 1. The van der Waals surface area contributed by atoms with Crippen LogP contribution in [-0.2, 0) is 6.54 Å². The van der Waals surface area contributed by atoms with Gasteiger partial charge in [-0.3, -0.25) is 0 Å². The summed E-state index contributed by atoms with van der Waals surface area (Å²) in [5.74, 6) is 0. The third kappa shape index (κ3) is 3.69. The number of halogens is 1. The maximum atomic E-state index is 9.43. The largest absolute Gasteiger partial charge is 0.398 e. The standard InChI is InChI=1S/C13H19BrN2O/c14-10-2-1-9(13(15)7-10)8-16-11-3-5-12(17)6-4-11/h1-2,7,11-12,16-17H,3-6,8,15H2. The molecule has 0 radical (unpaired) electrons. The molecular weight excluding hydrogens is 280 g/mol. The lowest BCUT2D eigenvalue weighted by Crippen LogP contribution is -2.34. The predicted molar refractivity (Wildman–Crippen MR) is 73.7 cm³/mol. The lowest BCUT2D eigenvalue weighted by Gasteiger charge is -2.26. The summed E-state index contributed by atoms with van der Waals surface area (Å²) >= 11 is 3.40. The first-order valence-electron chi connectivity index (χ1n) is 6.10. The van der Waals surface area contributed by atoms with Crippen molar-refractivity contribution in [3.63, 3.8) is 0 Å². The van der Waals surface area contributed by atoms with Crippen LogP contribution in [0.3, 0.4) is 0 Å². The highest BCUT2D eigenvalue weighted by Crippen LogP contribution is 2.21.